The van der Waals surface area contributed by atoms with E-state index in [2.05, 4.69) is 12.2 Å². The average molecular weight is 292 g/mol. The van der Waals surface area contributed by atoms with Gasteiger partial charge in [0.1, 0.15) is 0 Å². The van der Waals surface area contributed by atoms with Gasteiger partial charge in [0.25, 0.3) is 5.69 Å². The fourth-order valence-corrected chi connectivity index (χ4v) is 2.95. The van der Waals surface area contributed by atoms with Crippen molar-refractivity contribution in [2.75, 3.05) is 6.54 Å². The molecular formula is C16H24N2O3. The zero-order valence-electron chi connectivity index (χ0n) is 12.7. The SMILES string of the molecule is CC1CCC(O)(CNC(C)c2ccccc2[N+](=O)[O-])CC1. The summed E-state index contributed by atoms with van der Waals surface area (Å²) in [5, 5.41) is 24.9. The maximum Gasteiger partial charge on any atom is 0.274 e. The van der Waals surface area contributed by atoms with Crippen molar-refractivity contribution in [3.05, 3.63) is 39.9 Å². The molecule has 0 bridgehead atoms. The third-order valence-corrected chi connectivity index (χ3v) is 4.54. The van der Waals surface area contributed by atoms with Crippen LogP contribution in [0.5, 0.6) is 0 Å². The van der Waals surface area contributed by atoms with Crippen LogP contribution in [0, 0.1) is 16.0 Å². The first-order valence-electron chi connectivity index (χ1n) is 7.60. The quantitative estimate of drug-likeness (QED) is 0.645. The number of rotatable bonds is 5. The van der Waals surface area contributed by atoms with Crippen molar-refractivity contribution in [3.8, 4) is 0 Å². The van der Waals surface area contributed by atoms with Gasteiger partial charge in [-0.2, -0.15) is 0 Å². The van der Waals surface area contributed by atoms with Gasteiger partial charge in [-0.05, 0) is 38.5 Å². The van der Waals surface area contributed by atoms with Crippen LogP contribution < -0.4 is 5.32 Å². The Bertz CT molecular complexity index is 496. The smallest absolute Gasteiger partial charge is 0.274 e. The maximum atomic E-state index is 11.1. The minimum atomic E-state index is -0.676. The van der Waals surface area contributed by atoms with Crippen LogP contribution in [0.4, 0.5) is 5.69 Å². The molecule has 0 amide bonds. The van der Waals surface area contributed by atoms with E-state index in [1.807, 2.05) is 6.92 Å². The van der Waals surface area contributed by atoms with Gasteiger partial charge in [0, 0.05) is 24.2 Å². The number of nitrogens with zero attached hydrogens (tertiary/aromatic N) is 1. The number of nitro groups is 1. The second kappa shape index (κ2) is 6.54. The summed E-state index contributed by atoms with van der Waals surface area (Å²) in [6.07, 6.45) is 3.67. The molecule has 5 heteroatoms. The Morgan fingerprint density at radius 2 is 2.05 bits per heavy atom. The first-order chi connectivity index (χ1) is 9.91. The van der Waals surface area contributed by atoms with Gasteiger partial charge in [0.15, 0.2) is 0 Å². The highest BCUT2D eigenvalue weighted by Gasteiger charge is 2.32. The van der Waals surface area contributed by atoms with Crippen LogP contribution in [0.15, 0.2) is 24.3 Å². The van der Waals surface area contributed by atoms with E-state index >= 15 is 0 Å². The van der Waals surface area contributed by atoms with Gasteiger partial charge in [0.2, 0.25) is 0 Å². The topological polar surface area (TPSA) is 75.4 Å². The van der Waals surface area contributed by atoms with E-state index in [1.165, 1.54) is 6.07 Å². The zero-order valence-corrected chi connectivity index (χ0v) is 12.7. The molecule has 0 aromatic heterocycles. The molecule has 1 aromatic rings. The van der Waals surface area contributed by atoms with E-state index in [9.17, 15) is 15.2 Å². The number of hydrogen-bond acceptors (Lipinski definition) is 4. The molecule has 0 radical (unpaired) electrons. The zero-order chi connectivity index (χ0) is 15.5. The summed E-state index contributed by atoms with van der Waals surface area (Å²) in [7, 11) is 0. The minimum absolute atomic E-state index is 0.127. The molecule has 1 fully saturated rings. The fraction of sp³-hybridized carbons (Fsp3) is 0.625. The van der Waals surface area contributed by atoms with Crippen molar-refractivity contribution in [2.24, 2.45) is 5.92 Å². The van der Waals surface area contributed by atoms with E-state index in [0.29, 0.717) is 18.0 Å². The number of hydrogen-bond donors (Lipinski definition) is 2. The molecule has 1 aliphatic rings. The summed E-state index contributed by atoms with van der Waals surface area (Å²) >= 11 is 0. The minimum Gasteiger partial charge on any atom is -0.389 e. The summed E-state index contributed by atoms with van der Waals surface area (Å²) < 4.78 is 0. The van der Waals surface area contributed by atoms with Gasteiger partial charge in [-0.25, -0.2) is 0 Å². The molecule has 0 saturated heterocycles. The van der Waals surface area contributed by atoms with Crippen LogP contribution in [-0.2, 0) is 0 Å². The van der Waals surface area contributed by atoms with Gasteiger partial charge in [-0.1, -0.05) is 25.1 Å². The molecule has 0 aliphatic heterocycles. The summed E-state index contributed by atoms with van der Waals surface area (Å²) in [4.78, 5) is 10.7. The van der Waals surface area contributed by atoms with E-state index in [1.54, 1.807) is 18.2 Å². The lowest BCUT2D eigenvalue weighted by molar-refractivity contribution is -0.385. The molecule has 1 atom stereocenters. The standard InChI is InChI=1S/C16H24N2O3/c1-12-7-9-16(19,10-8-12)11-17-13(2)14-5-3-4-6-15(14)18(20)21/h3-6,12-13,17,19H,7-11H2,1-2H3. The van der Waals surface area contributed by atoms with E-state index < -0.39 is 5.60 Å². The third-order valence-electron chi connectivity index (χ3n) is 4.54. The highest BCUT2D eigenvalue weighted by atomic mass is 16.6. The first kappa shape index (κ1) is 15.9. The highest BCUT2D eigenvalue weighted by molar-refractivity contribution is 5.41. The number of aliphatic hydroxyl groups is 1. The van der Waals surface area contributed by atoms with Crippen LogP contribution in [0.1, 0.15) is 51.1 Å². The van der Waals surface area contributed by atoms with Gasteiger partial charge in [0.05, 0.1) is 10.5 Å². The van der Waals surface area contributed by atoms with Crippen LogP contribution in [0.25, 0.3) is 0 Å². The molecule has 0 spiro atoms. The highest BCUT2D eigenvalue weighted by Crippen LogP contribution is 2.32. The molecule has 2 N–H and O–H groups in total. The van der Waals surface area contributed by atoms with Crippen LogP contribution in [0.2, 0.25) is 0 Å². The Labute approximate surface area is 125 Å². The molecule has 0 heterocycles. The molecule has 2 rings (SSSR count). The van der Waals surface area contributed by atoms with Gasteiger partial charge in [-0.15, -0.1) is 0 Å². The van der Waals surface area contributed by atoms with E-state index in [4.69, 9.17) is 0 Å². The average Bonchev–Trinajstić information content (AvgIpc) is 2.48. The Balaban J connectivity index is 1.99. The van der Waals surface area contributed by atoms with E-state index in [0.717, 1.165) is 25.7 Å². The second-order valence-corrected chi connectivity index (χ2v) is 6.33. The molecule has 21 heavy (non-hydrogen) atoms. The Morgan fingerprint density at radius 1 is 1.43 bits per heavy atom. The molecule has 116 valence electrons. The molecule has 5 nitrogen and oxygen atoms in total. The number of nitrogens with one attached hydrogen (secondary N) is 1. The van der Waals surface area contributed by atoms with Crippen molar-refractivity contribution in [3.63, 3.8) is 0 Å². The number of nitro benzene ring substituents is 1. The second-order valence-electron chi connectivity index (χ2n) is 6.33. The van der Waals surface area contributed by atoms with Crippen molar-refractivity contribution in [2.45, 2.75) is 51.2 Å². The molecular weight excluding hydrogens is 268 g/mol. The van der Waals surface area contributed by atoms with Gasteiger partial charge < -0.3 is 10.4 Å². The summed E-state index contributed by atoms with van der Waals surface area (Å²) in [6.45, 7) is 4.59. The lowest BCUT2D eigenvalue weighted by Crippen LogP contribution is -2.44. The molecule has 1 aromatic carbocycles. The Kier molecular flexibility index (Phi) is 4.96. The monoisotopic (exact) mass is 292 g/mol. The van der Waals surface area contributed by atoms with Crippen LogP contribution in [-0.4, -0.2) is 22.2 Å². The van der Waals surface area contributed by atoms with Crippen molar-refractivity contribution in [1.29, 1.82) is 0 Å². The summed E-state index contributed by atoms with van der Waals surface area (Å²) in [5.41, 5.74) is 0.113. The Hall–Kier alpha value is -1.46. The van der Waals surface area contributed by atoms with Crippen molar-refractivity contribution in [1.82, 2.24) is 5.32 Å². The molecule has 1 unspecified atom stereocenters. The largest absolute Gasteiger partial charge is 0.389 e. The normalized spacial score (nSPS) is 27.3. The third kappa shape index (κ3) is 4.02. The predicted molar refractivity (Wildman–Crippen MR) is 82.1 cm³/mol. The number of para-hydroxylation sites is 1. The molecule has 1 aliphatic carbocycles. The Morgan fingerprint density at radius 3 is 2.67 bits per heavy atom. The summed E-state index contributed by atoms with van der Waals surface area (Å²) in [6, 6.07) is 6.60. The lowest BCUT2D eigenvalue weighted by atomic mass is 9.79. The fourth-order valence-electron chi connectivity index (χ4n) is 2.95. The van der Waals surface area contributed by atoms with E-state index in [-0.39, 0.29) is 16.7 Å². The van der Waals surface area contributed by atoms with Crippen LogP contribution in [0.3, 0.4) is 0 Å². The predicted octanol–water partition coefficient (Wildman–Crippen LogP) is 3.19. The van der Waals surface area contributed by atoms with Crippen molar-refractivity contribution >= 4 is 5.69 Å². The van der Waals surface area contributed by atoms with Crippen molar-refractivity contribution < 1.29 is 10.0 Å². The van der Waals surface area contributed by atoms with Gasteiger partial charge >= 0.3 is 0 Å². The summed E-state index contributed by atoms with van der Waals surface area (Å²) in [5.74, 6) is 0.679. The number of benzene rings is 1. The first-order valence-corrected chi connectivity index (χ1v) is 7.60. The van der Waals surface area contributed by atoms with Crippen LogP contribution >= 0.6 is 0 Å². The van der Waals surface area contributed by atoms with Gasteiger partial charge in [-0.3, -0.25) is 10.1 Å². The maximum absolute atomic E-state index is 11.1. The molecule has 1 saturated carbocycles. The lowest BCUT2D eigenvalue weighted by Gasteiger charge is -2.36.